The molecule has 1 unspecified atom stereocenters. The number of hydrogen-bond donors (Lipinski definition) is 0. The van der Waals surface area contributed by atoms with Gasteiger partial charge in [-0.1, -0.05) is 11.6 Å². The number of aromatic nitrogens is 4. The Kier molecular flexibility index (Phi) is 5.91. The van der Waals surface area contributed by atoms with E-state index in [1.54, 1.807) is 21.7 Å². The molecule has 0 N–H and O–H groups in total. The second-order valence-corrected chi connectivity index (χ2v) is 11.2. The smallest absolute Gasteiger partial charge is 0.442 e. The molecular weight excluding hydrogens is 503 g/mol. The summed E-state index contributed by atoms with van der Waals surface area (Å²) >= 11 is 13.3. The topological polar surface area (TPSA) is 84.4 Å². The molecule has 2 aliphatic heterocycles. The first-order valence-electron chi connectivity index (χ1n) is 12.0. The number of piperazine rings is 1. The maximum Gasteiger partial charge on any atom is 0.442 e. The fourth-order valence-corrected chi connectivity index (χ4v) is 5.58. The van der Waals surface area contributed by atoms with Gasteiger partial charge in [0.15, 0.2) is 11.5 Å². The van der Waals surface area contributed by atoms with Gasteiger partial charge in [-0.05, 0) is 65.3 Å². The predicted octanol–water partition coefficient (Wildman–Crippen LogP) is 4.05. The SMILES string of the molecule is Cc1ccnc2c1-n1c(=O)nc(N3CCN(C(=O)OC(C)(C)C)C[C@@H]3C)c3cc(Cl)c(Cl)[n+](c31)C2C. The minimum absolute atomic E-state index is 0.115. The molecule has 0 aromatic carbocycles. The number of nitrogens with zero attached hydrogens (tertiary/aromatic N) is 6. The van der Waals surface area contributed by atoms with Crippen molar-refractivity contribution in [1.82, 2.24) is 19.4 Å². The predicted molar refractivity (Wildman–Crippen MR) is 139 cm³/mol. The van der Waals surface area contributed by atoms with Gasteiger partial charge in [-0.2, -0.15) is 4.98 Å². The van der Waals surface area contributed by atoms with Crippen molar-refractivity contribution in [2.24, 2.45) is 0 Å². The van der Waals surface area contributed by atoms with Crippen molar-refractivity contribution < 1.29 is 14.1 Å². The van der Waals surface area contributed by atoms with Gasteiger partial charge >= 0.3 is 17.4 Å². The lowest BCUT2D eigenvalue weighted by molar-refractivity contribution is -0.687. The third kappa shape index (κ3) is 3.89. The molecule has 0 saturated carbocycles. The van der Waals surface area contributed by atoms with Crippen LogP contribution in [-0.4, -0.2) is 56.8 Å². The van der Waals surface area contributed by atoms with E-state index < -0.39 is 11.3 Å². The van der Waals surface area contributed by atoms with Crippen LogP contribution in [0.4, 0.5) is 10.6 Å². The van der Waals surface area contributed by atoms with E-state index in [4.69, 9.17) is 27.9 Å². The van der Waals surface area contributed by atoms with Gasteiger partial charge in [0.25, 0.3) is 0 Å². The molecule has 0 spiro atoms. The summed E-state index contributed by atoms with van der Waals surface area (Å²) in [5, 5.41) is 1.40. The van der Waals surface area contributed by atoms with Crippen molar-refractivity contribution in [2.45, 2.75) is 59.2 Å². The Balaban J connectivity index is 1.65. The largest absolute Gasteiger partial charge is 0.444 e. The van der Waals surface area contributed by atoms with Crippen LogP contribution in [0.25, 0.3) is 16.7 Å². The van der Waals surface area contributed by atoms with Gasteiger partial charge < -0.3 is 14.5 Å². The van der Waals surface area contributed by atoms with Crippen LogP contribution in [0.2, 0.25) is 10.2 Å². The highest BCUT2D eigenvalue weighted by molar-refractivity contribution is 6.41. The van der Waals surface area contributed by atoms with Crippen LogP contribution in [0.15, 0.2) is 23.1 Å². The van der Waals surface area contributed by atoms with Crippen LogP contribution >= 0.6 is 23.2 Å². The number of carbonyl (C=O) groups is 1. The van der Waals surface area contributed by atoms with Crippen LogP contribution in [0.1, 0.15) is 51.9 Å². The van der Waals surface area contributed by atoms with E-state index in [9.17, 15) is 9.59 Å². The Morgan fingerprint density at radius 2 is 1.94 bits per heavy atom. The first-order valence-corrected chi connectivity index (χ1v) is 12.7. The number of ether oxygens (including phenoxy) is 1. The molecule has 5 rings (SSSR count). The van der Waals surface area contributed by atoms with E-state index in [2.05, 4.69) is 9.97 Å². The fraction of sp³-hybridized carbons (Fsp3) is 0.480. The van der Waals surface area contributed by atoms with E-state index in [1.165, 1.54) is 0 Å². The summed E-state index contributed by atoms with van der Waals surface area (Å²) in [6, 6.07) is 3.29. The standard InChI is InChI=1S/C25H29Cl2N6O3/c1-13-7-8-28-18-15(3)32-20(27)17(26)11-16-21(29-23(34)33(19(13)18)22(16)32)31-10-9-30(12-14(31)2)24(35)36-25(4,5)6/h7-8,11,14-15H,9-10,12H2,1-6H3/q+1/t14-,15?/m0/s1. The maximum absolute atomic E-state index is 13.6. The van der Waals surface area contributed by atoms with Crippen molar-refractivity contribution in [2.75, 3.05) is 24.5 Å². The number of aryl methyl sites for hydroxylation is 1. The van der Waals surface area contributed by atoms with Gasteiger partial charge in [-0.15, -0.1) is 4.57 Å². The monoisotopic (exact) mass is 531 g/mol. The van der Waals surface area contributed by atoms with Gasteiger partial charge in [0.05, 0.1) is 0 Å². The molecule has 0 aliphatic carbocycles. The highest BCUT2D eigenvalue weighted by atomic mass is 35.5. The van der Waals surface area contributed by atoms with E-state index in [1.807, 2.05) is 57.1 Å². The highest BCUT2D eigenvalue weighted by Crippen LogP contribution is 2.36. The molecule has 1 amide bonds. The Bertz CT molecular complexity index is 1470. The number of carbonyl (C=O) groups excluding carboxylic acids is 1. The average molecular weight is 532 g/mol. The number of fused-ring (bicyclic) bond motifs is 2. The zero-order chi connectivity index (χ0) is 26.1. The number of hydrogen-bond acceptors (Lipinski definition) is 6. The number of pyridine rings is 2. The lowest BCUT2D eigenvalue weighted by atomic mass is 10.0. The second kappa shape index (κ2) is 8.59. The molecule has 2 atom stereocenters. The maximum atomic E-state index is 13.6. The zero-order valence-corrected chi connectivity index (χ0v) is 22.7. The molecule has 3 aromatic heterocycles. The molecule has 36 heavy (non-hydrogen) atoms. The molecular formula is C25H29Cl2N6O3+. The van der Waals surface area contributed by atoms with Gasteiger partial charge in [0, 0.05) is 37.4 Å². The van der Waals surface area contributed by atoms with E-state index in [0.29, 0.717) is 46.7 Å². The number of anilines is 1. The first-order chi connectivity index (χ1) is 16.9. The third-order valence-corrected chi connectivity index (χ3v) is 7.48. The Labute approximate surface area is 219 Å². The first kappa shape index (κ1) is 24.8. The van der Waals surface area contributed by atoms with E-state index in [-0.39, 0.29) is 18.2 Å². The highest BCUT2D eigenvalue weighted by Gasteiger charge is 2.40. The van der Waals surface area contributed by atoms with Crippen molar-refractivity contribution in [3.05, 3.63) is 50.2 Å². The summed E-state index contributed by atoms with van der Waals surface area (Å²) in [5.41, 5.74) is 2.00. The van der Waals surface area contributed by atoms with Gasteiger partial charge in [0.2, 0.25) is 5.15 Å². The van der Waals surface area contributed by atoms with E-state index in [0.717, 1.165) is 16.9 Å². The number of halogens is 2. The van der Waals surface area contributed by atoms with Gasteiger partial charge in [-0.25, -0.2) is 14.2 Å². The van der Waals surface area contributed by atoms with Crippen molar-refractivity contribution in [3.63, 3.8) is 0 Å². The molecule has 1 saturated heterocycles. The molecule has 1 fully saturated rings. The van der Waals surface area contributed by atoms with Crippen LogP contribution in [0.3, 0.4) is 0 Å². The molecule has 5 heterocycles. The van der Waals surface area contributed by atoms with Crippen molar-refractivity contribution >= 4 is 46.1 Å². The molecule has 9 nitrogen and oxygen atoms in total. The van der Waals surface area contributed by atoms with Gasteiger partial charge in [0.1, 0.15) is 27.7 Å². The lowest BCUT2D eigenvalue weighted by Gasteiger charge is -2.41. The molecule has 0 bridgehead atoms. The summed E-state index contributed by atoms with van der Waals surface area (Å²) in [6.45, 7) is 12.8. The van der Waals surface area contributed by atoms with Crippen LogP contribution in [0, 0.1) is 6.92 Å². The summed E-state index contributed by atoms with van der Waals surface area (Å²) in [4.78, 5) is 39.1. The molecule has 3 aromatic rings. The Hall–Kier alpha value is -2.91. The molecule has 0 radical (unpaired) electrons. The van der Waals surface area contributed by atoms with Crippen LogP contribution < -0.4 is 15.2 Å². The quantitative estimate of drug-likeness (QED) is 0.348. The van der Waals surface area contributed by atoms with Crippen molar-refractivity contribution in [3.8, 4) is 5.69 Å². The minimum Gasteiger partial charge on any atom is -0.444 e. The minimum atomic E-state index is -0.572. The normalized spacial score (nSPS) is 19.4. The lowest BCUT2D eigenvalue weighted by Crippen LogP contribution is -2.55. The molecule has 11 heteroatoms. The summed E-state index contributed by atoms with van der Waals surface area (Å²) in [7, 11) is 0. The van der Waals surface area contributed by atoms with Crippen LogP contribution in [0.5, 0.6) is 0 Å². The van der Waals surface area contributed by atoms with Crippen LogP contribution in [-0.2, 0) is 4.74 Å². The summed E-state index contributed by atoms with van der Waals surface area (Å²) in [6.07, 6.45) is 1.38. The molecule has 190 valence electrons. The molecule has 2 aliphatic rings. The fourth-order valence-electron chi connectivity index (χ4n) is 5.10. The number of amides is 1. The summed E-state index contributed by atoms with van der Waals surface area (Å²) < 4.78 is 8.99. The third-order valence-electron chi connectivity index (χ3n) is 6.71. The second-order valence-electron chi connectivity index (χ2n) is 10.5. The van der Waals surface area contributed by atoms with E-state index >= 15 is 0 Å². The van der Waals surface area contributed by atoms with Crippen molar-refractivity contribution in [1.29, 1.82) is 0 Å². The van der Waals surface area contributed by atoms with Gasteiger partial charge in [-0.3, -0.25) is 4.98 Å². The average Bonchev–Trinajstić information content (AvgIpc) is 2.79. The summed E-state index contributed by atoms with van der Waals surface area (Å²) in [5.74, 6) is 0.520. The zero-order valence-electron chi connectivity index (χ0n) is 21.2. The Morgan fingerprint density at radius 1 is 1.22 bits per heavy atom. The Morgan fingerprint density at radius 3 is 2.61 bits per heavy atom. The number of rotatable bonds is 1.